The van der Waals surface area contributed by atoms with Gasteiger partial charge >= 0.3 is 0 Å². The number of ether oxygens (including phenoxy) is 1. The highest BCUT2D eigenvalue weighted by molar-refractivity contribution is 7.89. The highest BCUT2D eigenvalue weighted by Gasteiger charge is 2.12. The number of halogens is 1. The number of aryl methyl sites for hydroxylation is 1. The molecule has 0 aliphatic heterocycles. The molecular weight excluding hydrogens is 388 g/mol. The number of hydrogen-bond donors (Lipinski definition) is 1. The van der Waals surface area contributed by atoms with E-state index in [0.29, 0.717) is 22.3 Å². The Kier molecular flexibility index (Phi) is 5.83. The maximum absolute atomic E-state index is 12.1. The molecule has 1 aromatic heterocycles. The van der Waals surface area contributed by atoms with Gasteiger partial charge in [-0.2, -0.15) is 18.4 Å². The minimum atomic E-state index is -3.72. The third-order valence-electron chi connectivity index (χ3n) is 3.58. The van der Waals surface area contributed by atoms with Crippen LogP contribution in [0.15, 0.2) is 75.1 Å². The van der Waals surface area contributed by atoms with Crippen LogP contribution in [0.25, 0.3) is 0 Å². The molecule has 1 heterocycles. The Morgan fingerprint density at radius 1 is 1.11 bits per heavy atom. The van der Waals surface area contributed by atoms with E-state index in [1.54, 1.807) is 36.4 Å². The van der Waals surface area contributed by atoms with Crippen molar-refractivity contribution in [3.8, 4) is 5.75 Å². The summed E-state index contributed by atoms with van der Waals surface area (Å²) in [5, 5.41) is 4.25. The Hall–Kier alpha value is -2.77. The van der Waals surface area contributed by atoms with Crippen molar-refractivity contribution in [3.63, 3.8) is 0 Å². The molecular formula is C19H17ClN2O4S. The Bertz CT molecular complexity index is 1040. The maximum Gasteiger partial charge on any atom is 0.276 e. The van der Waals surface area contributed by atoms with Crippen LogP contribution in [0.4, 0.5) is 0 Å². The first kappa shape index (κ1) is 19.0. The third-order valence-corrected chi connectivity index (χ3v) is 5.14. The third kappa shape index (κ3) is 5.12. The van der Waals surface area contributed by atoms with Gasteiger partial charge in [-0.15, -0.1) is 0 Å². The van der Waals surface area contributed by atoms with Crippen LogP contribution in [0.5, 0.6) is 5.75 Å². The van der Waals surface area contributed by atoms with Gasteiger partial charge < -0.3 is 9.15 Å². The summed E-state index contributed by atoms with van der Waals surface area (Å²) in [6, 6.07) is 17.0. The lowest BCUT2D eigenvalue weighted by atomic mass is 10.2. The summed E-state index contributed by atoms with van der Waals surface area (Å²) in [5.41, 5.74) is 0.972. The number of hydrogen-bond acceptors (Lipinski definition) is 5. The Balaban J connectivity index is 1.58. The molecule has 3 aromatic rings. The molecule has 8 heteroatoms. The fourth-order valence-corrected chi connectivity index (χ4v) is 3.16. The second-order valence-corrected chi connectivity index (χ2v) is 7.76. The van der Waals surface area contributed by atoms with E-state index in [4.69, 9.17) is 20.8 Å². The van der Waals surface area contributed by atoms with Gasteiger partial charge in [-0.3, -0.25) is 0 Å². The average molecular weight is 405 g/mol. The second kappa shape index (κ2) is 8.28. The molecule has 0 unspecified atom stereocenters. The monoisotopic (exact) mass is 404 g/mol. The van der Waals surface area contributed by atoms with Crippen LogP contribution in [0.3, 0.4) is 0 Å². The SMILES string of the molecule is Cc1ccc(S(=O)(=O)NN=Cc2ccc(COc3ccccc3Cl)o2)cc1. The molecule has 0 amide bonds. The van der Waals surface area contributed by atoms with E-state index < -0.39 is 10.0 Å². The molecule has 0 fully saturated rings. The summed E-state index contributed by atoms with van der Waals surface area (Å²) in [6.45, 7) is 2.07. The van der Waals surface area contributed by atoms with Gasteiger partial charge in [0.2, 0.25) is 0 Å². The maximum atomic E-state index is 12.1. The molecule has 0 radical (unpaired) electrons. The summed E-state index contributed by atoms with van der Waals surface area (Å²) >= 11 is 6.02. The molecule has 0 aliphatic carbocycles. The predicted molar refractivity (Wildman–Crippen MR) is 104 cm³/mol. The normalized spacial score (nSPS) is 11.6. The van der Waals surface area contributed by atoms with E-state index in [2.05, 4.69) is 9.93 Å². The van der Waals surface area contributed by atoms with Crippen molar-refractivity contribution in [2.75, 3.05) is 0 Å². The quantitative estimate of drug-likeness (QED) is 0.474. The number of para-hydroxylation sites is 1. The lowest BCUT2D eigenvalue weighted by Crippen LogP contribution is -2.18. The first-order valence-electron chi connectivity index (χ1n) is 8.02. The number of nitrogens with zero attached hydrogens (tertiary/aromatic N) is 1. The smallest absolute Gasteiger partial charge is 0.276 e. The topological polar surface area (TPSA) is 80.9 Å². The van der Waals surface area contributed by atoms with Crippen LogP contribution in [0, 0.1) is 6.92 Å². The minimum Gasteiger partial charge on any atom is -0.484 e. The molecule has 0 saturated carbocycles. The van der Waals surface area contributed by atoms with Gasteiger partial charge in [-0.05, 0) is 43.3 Å². The molecule has 0 spiro atoms. The Morgan fingerprint density at radius 2 is 1.85 bits per heavy atom. The summed E-state index contributed by atoms with van der Waals surface area (Å²) < 4.78 is 35.4. The average Bonchev–Trinajstić information content (AvgIpc) is 3.09. The number of hydrazone groups is 1. The molecule has 3 rings (SSSR count). The van der Waals surface area contributed by atoms with E-state index in [0.717, 1.165) is 5.56 Å². The molecule has 0 aliphatic rings. The first-order chi connectivity index (χ1) is 12.9. The van der Waals surface area contributed by atoms with Gasteiger partial charge in [0.25, 0.3) is 10.0 Å². The molecule has 140 valence electrons. The van der Waals surface area contributed by atoms with Crippen molar-refractivity contribution < 1.29 is 17.6 Å². The van der Waals surface area contributed by atoms with Gasteiger partial charge in [-0.25, -0.2) is 0 Å². The van der Waals surface area contributed by atoms with Crippen molar-refractivity contribution >= 4 is 27.8 Å². The van der Waals surface area contributed by atoms with E-state index in [1.165, 1.54) is 18.3 Å². The lowest BCUT2D eigenvalue weighted by Gasteiger charge is -2.05. The Labute approximate surface area is 162 Å². The second-order valence-electron chi connectivity index (χ2n) is 5.69. The zero-order valence-electron chi connectivity index (χ0n) is 14.4. The predicted octanol–water partition coefficient (Wildman–Crippen LogP) is 4.13. The van der Waals surface area contributed by atoms with Crippen LogP contribution in [-0.2, 0) is 16.6 Å². The molecule has 0 bridgehead atoms. The Morgan fingerprint density at radius 3 is 2.59 bits per heavy atom. The molecule has 6 nitrogen and oxygen atoms in total. The molecule has 2 aromatic carbocycles. The minimum absolute atomic E-state index is 0.138. The summed E-state index contributed by atoms with van der Waals surface area (Å²) in [7, 11) is -3.72. The number of benzene rings is 2. The molecule has 0 atom stereocenters. The van der Waals surface area contributed by atoms with Gasteiger partial charge in [0.15, 0.2) is 0 Å². The van der Waals surface area contributed by atoms with Crippen molar-refractivity contribution in [2.45, 2.75) is 18.4 Å². The highest BCUT2D eigenvalue weighted by atomic mass is 35.5. The summed E-state index contributed by atoms with van der Waals surface area (Å²) in [5.74, 6) is 1.49. The number of nitrogens with one attached hydrogen (secondary N) is 1. The fraction of sp³-hybridized carbons (Fsp3) is 0.105. The van der Waals surface area contributed by atoms with Crippen LogP contribution in [-0.4, -0.2) is 14.6 Å². The van der Waals surface area contributed by atoms with Crippen LogP contribution >= 0.6 is 11.6 Å². The molecule has 27 heavy (non-hydrogen) atoms. The van der Waals surface area contributed by atoms with Gasteiger partial charge in [-0.1, -0.05) is 41.4 Å². The van der Waals surface area contributed by atoms with E-state index in [1.807, 2.05) is 19.1 Å². The van der Waals surface area contributed by atoms with E-state index in [-0.39, 0.29) is 11.5 Å². The van der Waals surface area contributed by atoms with E-state index in [9.17, 15) is 8.42 Å². The first-order valence-corrected chi connectivity index (χ1v) is 9.88. The largest absolute Gasteiger partial charge is 0.484 e. The summed E-state index contributed by atoms with van der Waals surface area (Å²) in [6.07, 6.45) is 1.28. The lowest BCUT2D eigenvalue weighted by molar-refractivity contribution is 0.270. The standard InChI is InChI=1S/C19H17ClN2O4S/c1-14-6-10-17(11-7-14)27(23,24)22-21-12-15-8-9-16(26-15)13-25-19-5-3-2-4-18(19)20/h2-12,22H,13H2,1H3. The fourth-order valence-electron chi connectivity index (χ4n) is 2.18. The van der Waals surface area contributed by atoms with Gasteiger partial charge in [0.1, 0.15) is 23.9 Å². The van der Waals surface area contributed by atoms with Crippen molar-refractivity contribution in [1.82, 2.24) is 4.83 Å². The van der Waals surface area contributed by atoms with Crippen LogP contribution in [0.2, 0.25) is 5.02 Å². The number of rotatable bonds is 7. The molecule has 1 N–H and O–H groups in total. The molecule has 0 saturated heterocycles. The van der Waals surface area contributed by atoms with Crippen molar-refractivity contribution in [3.05, 3.63) is 82.8 Å². The van der Waals surface area contributed by atoms with E-state index >= 15 is 0 Å². The zero-order chi connectivity index (χ0) is 19.3. The zero-order valence-corrected chi connectivity index (χ0v) is 16.0. The van der Waals surface area contributed by atoms with Gasteiger partial charge in [0.05, 0.1) is 16.1 Å². The number of furan rings is 1. The van der Waals surface area contributed by atoms with Crippen LogP contribution < -0.4 is 9.57 Å². The highest BCUT2D eigenvalue weighted by Crippen LogP contribution is 2.24. The summed E-state index contributed by atoms with van der Waals surface area (Å²) in [4.78, 5) is 2.29. The van der Waals surface area contributed by atoms with Crippen molar-refractivity contribution in [2.24, 2.45) is 5.10 Å². The van der Waals surface area contributed by atoms with Crippen molar-refractivity contribution in [1.29, 1.82) is 0 Å². The number of sulfonamides is 1. The van der Waals surface area contributed by atoms with Gasteiger partial charge in [0, 0.05) is 0 Å². The van der Waals surface area contributed by atoms with Crippen LogP contribution in [0.1, 0.15) is 17.1 Å².